The molecule has 0 aliphatic carbocycles. The predicted molar refractivity (Wildman–Crippen MR) is 70.9 cm³/mol. The number of aliphatic hydroxyl groups is 2. The third-order valence-electron chi connectivity index (χ3n) is 2.20. The van der Waals surface area contributed by atoms with Crippen molar-refractivity contribution >= 4 is 27.5 Å². The summed E-state index contributed by atoms with van der Waals surface area (Å²) >= 11 is 1.26. The van der Waals surface area contributed by atoms with Crippen molar-refractivity contribution in [3.05, 3.63) is 18.2 Å². The van der Waals surface area contributed by atoms with Crippen LogP contribution in [0.3, 0.4) is 0 Å². The first-order valence-electron chi connectivity index (χ1n) is 5.15. The van der Waals surface area contributed by atoms with Gasteiger partial charge in [0.05, 0.1) is 17.6 Å². The summed E-state index contributed by atoms with van der Waals surface area (Å²) in [5.74, 6) is 0.291. The van der Waals surface area contributed by atoms with Gasteiger partial charge in [0.2, 0.25) is 10.0 Å². The fourth-order valence-corrected chi connectivity index (χ4v) is 2.81. The average molecular weight is 292 g/mol. The van der Waals surface area contributed by atoms with E-state index in [4.69, 9.17) is 10.8 Å². The van der Waals surface area contributed by atoms with Crippen molar-refractivity contribution in [1.82, 2.24) is 4.72 Å². The summed E-state index contributed by atoms with van der Waals surface area (Å²) in [5, 5.41) is 17.9. The molecule has 8 heteroatoms. The molecule has 0 saturated heterocycles. The third-order valence-corrected chi connectivity index (χ3v) is 4.85. The largest absolute Gasteiger partial charge is 0.398 e. The number of benzene rings is 1. The Morgan fingerprint density at radius 2 is 2.17 bits per heavy atom. The number of nitrogens with one attached hydrogen (secondary N) is 1. The Morgan fingerprint density at radius 3 is 2.67 bits per heavy atom. The zero-order valence-electron chi connectivity index (χ0n) is 9.83. The van der Waals surface area contributed by atoms with Crippen LogP contribution in [-0.2, 0) is 10.0 Å². The topological polar surface area (TPSA) is 113 Å². The molecule has 0 heterocycles. The summed E-state index contributed by atoms with van der Waals surface area (Å²) in [6.07, 6.45) is -0.824. The van der Waals surface area contributed by atoms with Crippen LogP contribution >= 0.6 is 11.8 Å². The van der Waals surface area contributed by atoms with Crippen LogP contribution in [0.4, 0.5) is 5.69 Å². The number of sulfonamides is 1. The van der Waals surface area contributed by atoms with E-state index in [0.29, 0.717) is 16.3 Å². The van der Waals surface area contributed by atoms with Crippen LogP contribution in [0, 0.1) is 0 Å². The lowest BCUT2D eigenvalue weighted by Gasteiger charge is -2.10. The minimum Gasteiger partial charge on any atom is -0.398 e. The quantitative estimate of drug-likeness (QED) is 0.420. The first-order chi connectivity index (χ1) is 8.40. The second-order valence-electron chi connectivity index (χ2n) is 3.55. The van der Waals surface area contributed by atoms with Crippen LogP contribution < -0.4 is 10.5 Å². The lowest BCUT2D eigenvalue weighted by molar-refractivity contribution is 0.113. The zero-order chi connectivity index (χ0) is 13.8. The van der Waals surface area contributed by atoms with E-state index in [0.717, 1.165) is 0 Å². The molecular weight excluding hydrogens is 276 g/mol. The van der Waals surface area contributed by atoms with Gasteiger partial charge in [-0.25, -0.2) is 13.1 Å². The van der Waals surface area contributed by atoms with Crippen molar-refractivity contribution in [3.63, 3.8) is 0 Å². The summed E-state index contributed by atoms with van der Waals surface area (Å²) < 4.78 is 25.3. The van der Waals surface area contributed by atoms with E-state index in [2.05, 4.69) is 4.72 Å². The van der Waals surface area contributed by atoms with Crippen molar-refractivity contribution in [2.45, 2.75) is 15.9 Å². The number of thioether (sulfide) groups is 1. The molecule has 0 bridgehead atoms. The number of aliphatic hydroxyl groups excluding tert-OH is 2. The molecule has 0 amide bonds. The Labute approximate surface area is 110 Å². The smallest absolute Gasteiger partial charge is 0.240 e. The van der Waals surface area contributed by atoms with Crippen LogP contribution in [0.25, 0.3) is 0 Å². The molecule has 1 aromatic rings. The molecule has 1 unspecified atom stereocenters. The molecule has 1 aromatic carbocycles. The van der Waals surface area contributed by atoms with Crippen molar-refractivity contribution in [1.29, 1.82) is 0 Å². The molecule has 102 valence electrons. The third kappa shape index (κ3) is 3.85. The number of hydrogen-bond donors (Lipinski definition) is 4. The number of nitrogens with two attached hydrogens (primary N) is 1. The summed E-state index contributed by atoms with van der Waals surface area (Å²) in [5.41, 5.74) is 6.06. The minimum absolute atomic E-state index is 0.0922. The second-order valence-corrected chi connectivity index (χ2v) is 6.50. The number of hydrogen-bond acceptors (Lipinski definition) is 6. The van der Waals surface area contributed by atoms with E-state index in [1.54, 1.807) is 6.07 Å². The molecular formula is C10H16N2O4S2. The normalized spacial score (nSPS) is 13.5. The molecule has 0 aromatic heterocycles. The summed E-state index contributed by atoms with van der Waals surface area (Å²) in [7, 11) is -2.18. The highest BCUT2D eigenvalue weighted by Gasteiger charge is 2.13. The van der Waals surface area contributed by atoms with Crippen molar-refractivity contribution in [2.24, 2.45) is 0 Å². The Balaban J connectivity index is 2.87. The fraction of sp³-hybridized carbons (Fsp3) is 0.400. The lowest BCUT2D eigenvalue weighted by atomic mass is 10.3. The number of anilines is 1. The SMILES string of the molecule is CNS(=O)(=O)c1ccc(SCC(O)CO)c(N)c1. The van der Waals surface area contributed by atoms with Gasteiger partial charge in [0, 0.05) is 16.3 Å². The van der Waals surface area contributed by atoms with Gasteiger partial charge in [-0.2, -0.15) is 0 Å². The molecule has 5 N–H and O–H groups in total. The predicted octanol–water partition coefficient (Wildman–Crippen LogP) is -0.378. The van der Waals surface area contributed by atoms with Gasteiger partial charge in [0.1, 0.15) is 0 Å². The molecule has 1 atom stereocenters. The monoisotopic (exact) mass is 292 g/mol. The van der Waals surface area contributed by atoms with E-state index in [1.807, 2.05) is 0 Å². The van der Waals surface area contributed by atoms with Gasteiger partial charge < -0.3 is 15.9 Å². The maximum atomic E-state index is 11.5. The molecule has 18 heavy (non-hydrogen) atoms. The Morgan fingerprint density at radius 1 is 1.50 bits per heavy atom. The van der Waals surface area contributed by atoms with Crippen LogP contribution in [-0.4, -0.2) is 44.1 Å². The van der Waals surface area contributed by atoms with E-state index < -0.39 is 16.1 Å². The molecule has 0 saturated carbocycles. The first-order valence-corrected chi connectivity index (χ1v) is 7.62. The molecule has 0 spiro atoms. The van der Waals surface area contributed by atoms with Gasteiger partial charge in [0.15, 0.2) is 0 Å². The average Bonchev–Trinajstić information content (AvgIpc) is 2.36. The molecule has 6 nitrogen and oxygen atoms in total. The highest BCUT2D eigenvalue weighted by atomic mass is 32.2. The van der Waals surface area contributed by atoms with E-state index in [9.17, 15) is 13.5 Å². The molecule has 1 rings (SSSR count). The molecule has 0 aliphatic rings. The summed E-state index contributed by atoms with van der Waals surface area (Å²) in [6, 6.07) is 4.38. The number of rotatable bonds is 6. The molecule has 0 aliphatic heterocycles. The molecule has 0 fully saturated rings. The van der Waals surface area contributed by atoms with Crippen molar-refractivity contribution < 1.29 is 18.6 Å². The second kappa shape index (κ2) is 6.39. The summed E-state index contributed by atoms with van der Waals surface area (Å²) in [6.45, 7) is -0.320. The van der Waals surface area contributed by atoms with Gasteiger partial charge in [0.25, 0.3) is 0 Å². The Hall–Kier alpha value is -0.800. The van der Waals surface area contributed by atoms with Crippen molar-refractivity contribution in [2.75, 3.05) is 25.1 Å². The Kier molecular flexibility index (Phi) is 5.42. The van der Waals surface area contributed by atoms with Crippen LogP contribution in [0.15, 0.2) is 28.0 Å². The van der Waals surface area contributed by atoms with Gasteiger partial charge in [-0.3, -0.25) is 0 Å². The zero-order valence-corrected chi connectivity index (χ0v) is 11.5. The van der Waals surface area contributed by atoms with E-state index in [1.165, 1.54) is 30.9 Å². The maximum absolute atomic E-state index is 11.5. The van der Waals surface area contributed by atoms with Crippen molar-refractivity contribution in [3.8, 4) is 0 Å². The van der Waals surface area contributed by atoms with Crippen LogP contribution in [0.5, 0.6) is 0 Å². The van der Waals surface area contributed by atoms with Crippen LogP contribution in [0.2, 0.25) is 0 Å². The van der Waals surface area contributed by atoms with Crippen LogP contribution in [0.1, 0.15) is 0 Å². The van der Waals surface area contributed by atoms with Gasteiger partial charge in [-0.15, -0.1) is 11.8 Å². The summed E-state index contributed by atoms with van der Waals surface area (Å²) in [4.78, 5) is 0.757. The molecule has 0 radical (unpaired) electrons. The first kappa shape index (κ1) is 15.3. The standard InChI is InChI=1S/C10H16N2O4S2/c1-12-18(15,16)8-2-3-10(9(11)4-8)17-6-7(14)5-13/h2-4,7,12-14H,5-6,11H2,1H3. The Bertz CT molecular complexity index is 505. The van der Waals surface area contributed by atoms with Gasteiger partial charge in [-0.05, 0) is 25.2 Å². The van der Waals surface area contributed by atoms with E-state index in [-0.39, 0.29) is 11.5 Å². The maximum Gasteiger partial charge on any atom is 0.240 e. The fourth-order valence-electron chi connectivity index (χ4n) is 1.18. The highest BCUT2D eigenvalue weighted by molar-refractivity contribution is 7.99. The highest BCUT2D eigenvalue weighted by Crippen LogP contribution is 2.27. The van der Waals surface area contributed by atoms with Gasteiger partial charge >= 0.3 is 0 Å². The van der Waals surface area contributed by atoms with E-state index >= 15 is 0 Å². The number of nitrogen functional groups attached to an aromatic ring is 1. The van der Waals surface area contributed by atoms with Gasteiger partial charge in [-0.1, -0.05) is 0 Å². The minimum atomic E-state index is -3.50. The lowest BCUT2D eigenvalue weighted by Crippen LogP contribution is -2.18.